The second-order valence-electron chi connectivity index (χ2n) is 3.33. The molecule has 1 aromatic rings. The highest BCUT2D eigenvalue weighted by atomic mass is 32.2. The maximum absolute atomic E-state index is 12.0. The molecule has 0 aromatic heterocycles. The second kappa shape index (κ2) is 5.48. The molecule has 0 bridgehead atoms. The van der Waals surface area contributed by atoms with Gasteiger partial charge in [0.2, 0.25) is 0 Å². The highest BCUT2D eigenvalue weighted by Crippen LogP contribution is 2.31. The maximum atomic E-state index is 12.0. The second-order valence-corrected chi connectivity index (χ2v) is 4.91. The molecule has 0 spiro atoms. The van der Waals surface area contributed by atoms with E-state index in [0.717, 1.165) is 12.1 Å². The molecular formula is C9H6F6O4S. The van der Waals surface area contributed by atoms with Crippen molar-refractivity contribution in [3.8, 4) is 5.75 Å². The van der Waals surface area contributed by atoms with Gasteiger partial charge in [-0.25, -0.2) is 0 Å². The summed E-state index contributed by atoms with van der Waals surface area (Å²) in [6.07, 6.45) is -10.2. The summed E-state index contributed by atoms with van der Waals surface area (Å²) < 4.78 is 102. The van der Waals surface area contributed by atoms with Gasteiger partial charge in [-0.2, -0.15) is 21.6 Å². The van der Waals surface area contributed by atoms with E-state index in [1.165, 1.54) is 0 Å². The minimum Gasteiger partial charge on any atom is -0.404 e. The largest absolute Gasteiger partial charge is 0.573 e. The summed E-state index contributed by atoms with van der Waals surface area (Å²) in [4.78, 5) is -1.15. The molecule has 11 heteroatoms. The normalized spacial score (nSPS) is 13.3. The molecule has 1 aromatic carbocycles. The molecule has 114 valence electrons. The minimum atomic E-state index is -5.20. The lowest BCUT2D eigenvalue weighted by atomic mass is 10.3. The highest BCUT2D eigenvalue weighted by Gasteiger charge is 2.36. The number of hydrogen-bond donors (Lipinski definition) is 0. The first-order valence-electron chi connectivity index (χ1n) is 4.72. The van der Waals surface area contributed by atoms with Crippen LogP contribution in [0.1, 0.15) is 0 Å². The Labute approximate surface area is 109 Å². The van der Waals surface area contributed by atoms with E-state index in [2.05, 4.69) is 8.92 Å². The fourth-order valence-electron chi connectivity index (χ4n) is 1.07. The van der Waals surface area contributed by atoms with Gasteiger partial charge in [-0.3, -0.25) is 4.18 Å². The number of ether oxygens (including phenoxy) is 1. The molecule has 0 aliphatic rings. The van der Waals surface area contributed by atoms with Crippen LogP contribution in [-0.4, -0.2) is 27.6 Å². The molecule has 0 amide bonds. The number of rotatable bonds is 4. The lowest BCUT2D eigenvalue weighted by Crippen LogP contribution is -2.22. The molecule has 0 atom stereocenters. The van der Waals surface area contributed by atoms with Crippen LogP contribution < -0.4 is 4.74 Å². The predicted octanol–water partition coefficient (Wildman–Crippen LogP) is 2.85. The molecule has 0 saturated heterocycles. The van der Waals surface area contributed by atoms with E-state index in [1.807, 2.05) is 0 Å². The lowest BCUT2D eigenvalue weighted by Gasteiger charge is -2.13. The number of para-hydroxylation sites is 1. The Balaban J connectivity index is 3.06. The zero-order valence-electron chi connectivity index (χ0n) is 9.33. The first-order chi connectivity index (χ1) is 8.91. The molecule has 0 aliphatic carbocycles. The Morgan fingerprint density at radius 3 is 2.05 bits per heavy atom. The molecule has 0 N–H and O–H groups in total. The summed E-state index contributed by atoms with van der Waals surface area (Å²) in [5.74, 6) is -1.18. The molecule has 4 nitrogen and oxygen atoms in total. The number of hydrogen-bond acceptors (Lipinski definition) is 4. The monoisotopic (exact) mass is 324 g/mol. The van der Waals surface area contributed by atoms with E-state index < -0.39 is 39.9 Å². The van der Waals surface area contributed by atoms with Gasteiger partial charge in [0.05, 0.1) is 0 Å². The smallest absolute Gasteiger partial charge is 0.404 e. The predicted molar refractivity (Wildman–Crippen MR) is 52.3 cm³/mol. The van der Waals surface area contributed by atoms with Crippen molar-refractivity contribution in [3.05, 3.63) is 24.3 Å². The van der Waals surface area contributed by atoms with Crippen molar-refractivity contribution in [1.29, 1.82) is 0 Å². The fraction of sp³-hybridized carbons (Fsp3) is 0.333. The molecule has 20 heavy (non-hydrogen) atoms. The Morgan fingerprint density at radius 2 is 1.55 bits per heavy atom. The van der Waals surface area contributed by atoms with Crippen molar-refractivity contribution in [2.75, 3.05) is 6.61 Å². The Bertz CT molecular complexity index is 563. The topological polar surface area (TPSA) is 52.6 Å². The van der Waals surface area contributed by atoms with Crippen LogP contribution in [0, 0.1) is 0 Å². The van der Waals surface area contributed by atoms with Gasteiger partial charge in [-0.05, 0) is 12.1 Å². The number of alkyl halides is 6. The van der Waals surface area contributed by atoms with Crippen LogP contribution >= 0.6 is 0 Å². The SMILES string of the molecule is O=S(=O)(OCC(F)(F)F)c1ccccc1OC(F)(F)F. The number of benzene rings is 1. The van der Waals surface area contributed by atoms with Crippen LogP contribution in [0.5, 0.6) is 5.75 Å². The summed E-state index contributed by atoms with van der Waals surface area (Å²) in [7, 11) is -5.04. The van der Waals surface area contributed by atoms with Crippen molar-refractivity contribution in [1.82, 2.24) is 0 Å². The molecule has 1 rings (SSSR count). The minimum absolute atomic E-state index is 0.632. The van der Waals surface area contributed by atoms with Gasteiger partial charge in [0.1, 0.15) is 4.90 Å². The van der Waals surface area contributed by atoms with E-state index in [1.54, 1.807) is 0 Å². The van der Waals surface area contributed by atoms with Crippen LogP contribution in [0.4, 0.5) is 26.3 Å². The molecule has 0 heterocycles. The first kappa shape index (κ1) is 16.6. The third kappa shape index (κ3) is 5.25. The van der Waals surface area contributed by atoms with E-state index in [-0.39, 0.29) is 0 Å². The van der Waals surface area contributed by atoms with E-state index in [4.69, 9.17) is 0 Å². The van der Waals surface area contributed by atoms with Gasteiger partial charge in [-0.15, -0.1) is 13.2 Å². The summed E-state index contributed by atoms with van der Waals surface area (Å²) in [5, 5.41) is 0. The maximum Gasteiger partial charge on any atom is 0.573 e. The van der Waals surface area contributed by atoms with Crippen molar-refractivity contribution in [3.63, 3.8) is 0 Å². The Kier molecular flexibility index (Phi) is 4.54. The number of halogens is 6. The van der Waals surface area contributed by atoms with Crippen LogP contribution in [0.25, 0.3) is 0 Å². The van der Waals surface area contributed by atoms with Crippen LogP contribution in [0.15, 0.2) is 29.2 Å². The van der Waals surface area contributed by atoms with Gasteiger partial charge in [0.15, 0.2) is 12.4 Å². The standard InChI is InChI=1S/C9H6F6O4S/c10-8(11,12)5-18-20(16,17)7-4-2-1-3-6(7)19-9(13,14)15/h1-4H,5H2. The van der Waals surface area contributed by atoms with Gasteiger partial charge < -0.3 is 4.74 Å². The van der Waals surface area contributed by atoms with Gasteiger partial charge in [0, 0.05) is 0 Å². The zero-order valence-corrected chi connectivity index (χ0v) is 10.1. The Morgan fingerprint density at radius 1 is 1.00 bits per heavy atom. The van der Waals surface area contributed by atoms with Gasteiger partial charge in [-0.1, -0.05) is 12.1 Å². The molecule has 0 fully saturated rings. The Hall–Kier alpha value is -1.49. The van der Waals surface area contributed by atoms with Crippen LogP contribution in [0.2, 0.25) is 0 Å². The average molecular weight is 324 g/mol. The summed E-state index contributed by atoms with van der Waals surface area (Å²) >= 11 is 0. The van der Waals surface area contributed by atoms with Gasteiger partial charge in [0.25, 0.3) is 0 Å². The van der Waals surface area contributed by atoms with Gasteiger partial charge >= 0.3 is 22.7 Å². The molecule has 0 saturated carbocycles. The van der Waals surface area contributed by atoms with Crippen LogP contribution in [-0.2, 0) is 14.3 Å². The molecule has 0 unspecified atom stereocenters. The average Bonchev–Trinajstić information content (AvgIpc) is 2.24. The van der Waals surface area contributed by atoms with E-state index in [0.29, 0.717) is 12.1 Å². The molecular weight excluding hydrogens is 318 g/mol. The quantitative estimate of drug-likeness (QED) is 0.631. The van der Waals surface area contributed by atoms with Crippen molar-refractivity contribution in [2.45, 2.75) is 17.4 Å². The highest BCUT2D eigenvalue weighted by molar-refractivity contribution is 7.86. The van der Waals surface area contributed by atoms with Crippen molar-refractivity contribution < 1.29 is 43.7 Å². The zero-order chi connectivity index (χ0) is 15.6. The third-order valence-corrected chi connectivity index (χ3v) is 3.03. The first-order valence-corrected chi connectivity index (χ1v) is 6.12. The third-order valence-electron chi connectivity index (χ3n) is 1.72. The van der Waals surface area contributed by atoms with Crippen molar-refractivity contribution >= 4 is 10.1 Å². The van der Waals surface area contributed by atoms with Crippen LogP contribution in [0.3, 0.4) is 0 Å². The summed E-state index contributed by atoms with van der Waals surface area (Å²) in [5.41, 5.74) is 0. The van der Waals surface area contributed by atoms with E-state index in [9.17, 15) is 34.8 Å². The van der Waals surface area contributed by atoms with Crippen molar-refractivity contribution in [2.24, 2.45) is 0 Å². The summed E-state index contributed by atoms with van der Waals surface area (Å²) in [6.45, 7) is -2.16. The molecule has 0 aliphatic heterocycles. The summed E-state index contributed by atoms with van der Waals surface area (Å²) in [6, 6.07) is 3.29. The lowest BCUT2D eigenvalue weighted by molar-refractivity contribution is -0.275. The fourth-order valence-corrected chi connectivity index (χ4v) is 2.09. The molecule has 0 radical (unpaired) electrons. The van der Waals surface area contributed by atoms with E-state index >= 15 is 0 Å².